The number of hydrogen-bond donors (Lipinski definition) is 0. The average molecular weight is 204 g/mol. The number of hydrogen-bond acceptors (Lipinski definition) is 4. The minimum Gasteiger partial charge on any atom is -0.287 e. The molecule has 70 valence electrons. The molecule has 0 saturated carbocycles. The average Bonchev–Trinajstić information content (AvgIpc) is 2.69. The van der Waals surface area contributed by atoms with Gasteiger partial charge in [-0.1, -0.05) is 23.8 Å². The molecule has 0 unspecified atom stereocenters. The Balaban J connectivity index is 2.37. The Bertz CT molecular complexity index is 451. The van der Waals surface area contributed by atoms with Gasteiger partial charge in [-0.15, -0.1) is 0 Å². The van der Waals surface area contributed by atoms with Crippen LogP contribution in [-0.2, 0) is 0 Å². The Labute approximate surface area is 85.7 Å². The van der Waals surface area contributed by atoms with Gasteiger partial charge in [0.15, 0.2) is 0 Å². The normalized spacial score (nSPS) is 10.1. The summed E-state index contributed by atoms with van der Waals surface area (Å²) < 4.78 is 7.70. The molecule has 0 aliphatic heterocycles. The van der Waals surface area contributed by atoms with Gasteiger partial charge in [0.2, 0.25) is 5.78 Å². The zero-order valence-electron chi connectivity index (χ0n) is 7.60. The monoisotopic (exact) mass is 204 g/mol. The van der Waals surface area contributed by atoms with E-state index in [4.69, 9.17) is 0 Å². The molecular formula is C10H8N2OS. The molecule has 3 nitrogen and oxygen atoms in total. The standard InChI is InChI=1S/C10H8N2OS/c1-7-3-2-4-8(5-7)10(13)9-6-11-14-12-9/h2-6H,1H3. The Morgan fingerprint density at radius 3 is 2.93 bits per heavy atom. The number of carbonyl (C=O) groups is 1. The maximum atomic E-state index is 11.8. The smallest absolute Gasteiger partial charge is 0.214 e. The number of benzene rings is 1. The highest BCUT2D eigenvalue weighted by Gasteiger charge is 2.11. The van der Waals surface area contributed by atoms with Crippen molar-refractivity contribution in [2.24, 2.45) is 0 Å². The number of nitrogens with zero attached hydrogens (tertiary/aromatic N) is 2. The predicted octanol–water partition coefficient (Wildman–Crippen LogP) is 2.08. The summed E-state index contributed by atoms with van der Waals surface area (Å²) in [6.45, 7) is 1.95. The minimum absolute atomic E-state index is 0.0672. The van der Waals surface area contributed by atoms with Gasteiger partial charge in [0.05, 0.1) is 17.9 Å². The van der Waals surface area contributed by atoms with E-state index in [-0.39, 0.29) is 5.78 Å². The quantitative estimate of drug-likeness (QED) is 0.703. The summed E-state index contributed by atoms with van der Waals surface area (Å²) >= 11 is 1.05. The van der Waals surface area contributed by atoms with E-state index >= 15 is 0 Å². The molecule has 0 atom stereocenters. The molecule has 0 radical (unpaired) electrons. The van der Waals surface area contributed by atoms with Crippen molar-refractivity contribution in [3.63, 3.8) is 0 Å². The van der Waals surface area contributed by atoms with Gasteiger partial charge in [-0.2, -0.15) is 8.75 Å². The lowest BCUT2D eigenvalue weighted by atomic mass is 10.1. The van der Waals surface area contributed by atoms with Crippen molar-refractivity contribution in [1.29, 1.82) is 0 Å². The lowest BCUT2D eigenvalue weighted by Crippen LogP contribution is -2.01. The fraction of sp³-hybridized carbons (Fsp3) is 0.100. The van der Waals surface area contributed by atoms with Crippen LogP contribution in [0.15, 0.2) is 30.5 Å². The third-order valence-corrected chi connectivity index (χ3v) is 2.35. The molecule has 14 heavy (non-hydrogen) atoms. The van der Waals surface area contributed by atoms with E-state index in [1.54, 1.807) is 6.07 Å². The van der Waals surface area contributed by atoms with Crippen LogP contribution in [0.4, 0.5) is 0 Å². The van der Waals surface area contributed by atoms with E-state index in [1.165, 1.54) is 6.20 Å². The van der Waals surface area contributed by atoms with Crippen LogP contribution in [-0.4, -0.2) is 14.5 Å². The van der Waals surface area contributed by atoms with Crippen LogP contribution in [0.5, 0.6) is 0 Å². The van der Waals surface area contributed by atoms with Crippen molar-refractivity contribution in [2.45, 2.75) is 6.92 Å². The Morgan fingerprint density at radius 1 is 1.43 bits per heavy atom. The number of aromatic nitrogens is 2. The molecule has 0 fully saturated rings. The lowest BCUT2D eigenvalue weighted by molar-refractivity contribution is 0.103. The van der Waals surface area contributed by atoms with Gasteiger partial charge >= 0.3 is 0 Å². The van der Waals surface area contributed by atoms with Crippen molar-refractivity contribution in [3.8, 4) is 0 Å². The first kappa shape index (κ1) is 9.02. The fourth-order valence-corrected chi connectivity index (χ4v) is 1.61. The molecule has 0 N–H and O–H groups in total. The Kier molecular flexibility index (Phi) is 2.37. The molecule has 1 aromatic carbocycles. The topological polar surface area (TPSA) is 42.9 Å². The maximum absolute atomic E-state index is 11.8. The van der Waals surface area contributed by atoms with Gasteiger partial charge in [-0.05, 0) is 13.0 Å². The summed E-state index contributed by atoms with van der Waals surface area (Å²) in [4.78, 5) is 11.8. The van der Waals surface area contributed by atoms with E-state index in [1.807, 2.05) is 25.1 Å². The lowest BCUT2D eigenvalue weighted by Gasteiger charge is -1.97. The van der Waals surface area contributed by atoms with Crippen molar-refractivity contribution in [1.82, 2.24) is 8.75 Å². The van der Waals surface area contributed by atoms with E-state index in [9.17, 15) is 4.79 Å². The van der Waals surface area contributed by atoms with Crippen LogP contribution in [0, 0.1) is 6.92 Å². The van der Waals surface area contributed by atoms with Gasteiger partial charge in [0.25, 0.3) is 0 Å². The molecule has 2 rings (SSSR count). The maximum Gasteiger partial charge on any atom is 0.214 e. The third-order valence-electron chi connectivity index (χ3n) is 1.87. The van der Waals surface area contributed by atoms with Crippen molar-refractivity contribution in [2.75, 3.05) is 0 Å². The van der Waals surface area contributed by atoms with Crippen LogP contribution in [0.1, 0.15) is 21.6 Å². The first-order valence-electron chi connectivity index (χ1n) is 4.16. The summed E-state index contributed by atoms with van der Waals surface area (Å²) in [6, 6.07) is 7.45. The zero-order valence-corrected chi connectivity index (χ0v) is 8.41. The molecule has 0 saturated heterocycles. The molecule has 4 heteroatoms. The highest BCUT2D eigenvalue weighted by Crippen LogP contribution is 2.09. The van der Waals surface area contributed by atoms with Gasteiger partial charge in [0, 0.05) is 5.56 Å². The molecule has 0 bridgehead atoms. The number of aryl methyl sites for hydroxylation is 1. The van der Waals surface area contributed by atoms with Crippen molar-refractivity contribution < 1.29 is 4.79 Å². The molecule has 1 heterocycles. The van der Waals surface area contributed by atoms with E-state index < -0.39 is 0 Å². The molecule has 0 amide bonds. The second kappa shape index (κ2) is 3.67. The number of rotatable bonds is 2. The molecule has 1 aromatic heterocycles. The Hall–Kier alpha value is -1.55. The van der Waals surface area contributed by atoms with Crippen LogP contribution in [0.25, 0.3) is 0 Å². The van der Waals surface area contributed by atoms with E-state index in [0.717, 1.165) is 17.3 Å². The van der Waals surface area contributed by atoms with Crippen LogP contribution in [0.3, 0.4) is 0 Å². The first-order valence-corrected chi connectivity index (χ1v) is 4.89. The summed E-state index contributed by atoms with van der Waals surface area (Å²) in [7, 11) is 0. The van der Waals surface area contributed by atoms with E-state index in [0.29, 0.717) is 11.3 Å². The summed E-state index contributed by atoms with van der Waals surface area (Å²) in [5, 5.41) is 0. The van der Waals surface area contributed by atoms with Gasteiger partial charge in [-0.3, -0.25) is 4.79 Å². The highest BCUT2D eigenvalue weighted by molar-refractivity contribution is 6.99. The molecular weight excluding hydrogens is 196 g/mol. The zero-order chi connectivity index (χ0) is 9.97. The molecule has 0 spiro atoms. The van der Waals surface area contributed by atoms with Crippen molar-refractivity contribution in [3.05, 3.63) is 47.3 Å². The largest absolute Gasteiger partial charge is 0.287 e. The van der Waals surface area contributed by atoms with Crippen molar-refractivity contribution >= 4 is 17.5 Å². The first-order chi connectivity index (χ1) is 6.77. The van der Waals surface area contributed by atoms with Gasteiger partial charge in [-0.25, -0.2) is 0 Å². The molecule has 0 aliphatic carbocycles. The highest BCUT2D eigenvalue weighted by atomic mass is 32.1. The Morgan fingerprint density at radius 2 is 2.29 bits per heavy atom. The van der Waals surface area contributed by atoms with Crippen LogP contribution < -0.4 is 0 Å². The van der Waals surface area contributed by atoms with Gasteiger partial charge < -0.3 is 0 Å². The minimum atomic E-state index is -0.0672. The van der Waals surface area contributed by atoms with Gasteiger partial charge in [0.1, 0.15) is 5.69 Å². The second-order valence-corrected chi connectivity index (χ2v) is 3.55. The van der Waals surface area contributed by atoms with Crippen LogP contribution >= 0.6 is 11.7 Å². The summed E-state index contributed by atoms with van der Waals surface area (Å²) in [6.07, 6.45) is 1.50. The fourth-order valence-electron chi connectivity index (χ4n) is 1.20. The second-order valence-electron chi connectivity index (χ2n) is 2.99. The molecule has 2 aromatic rings. The van der Waals surface area contributed by atoms with E-state index in [2.05, 4.69) is 8.75 Å². The van der Waals surface area contributed by atoms with Crippen LogP contribution in [0.2, 0.25) is 0 Å². The number of ketones is 1. The summed E-state index contributed by atoms with van der Waals surface area (Å²) in [5.74, 6) is -0.0672. The summed E-state index contributed by atoms with van der Waals surface area (Å²) in [5.41, 5.74) is 2.15. The number of carbonyl (C=O) groups excluding carboxylic acids is 1. The molecule has 0 aliphatic rings. The predicted molar refractivity (Wildman–Crippen MR) is 54.5 cm³/mol. The SMILES string of the molecule is Cc1cccc(C(=O)c2cnsn2)c1. The third kappa shape index (κ3) is 1.70.